The van der Waals surface area contributed by atoms with E-state index in [0.717, 1.165) is 5.92 Å². The predicted octanol–water partition coefficient (Wildman–Crippen LogP) is 3.69. The molecule has 1 heteroatoms. The molecule has 84 valence electrons. The van der Waals surface area contributed by atoms with Crippen molar-refractivity contribution < 1.29 is 0 Å². The molecule has 0 spiro atoms. The van der Waals surface area contributed by atoms with Gasteiger partial charge in [-0.05, 0) is 51.6 Å². The maximum atomic E-state index is 2.73. The fourth-order valence-corrected chi connectivity index (χ4v) is 2.65. The lowest BCUT2D eigenvalue weighted by Gasteiger charge is -2.44. The van der Waals surface area contributed by atoms with Gasteiger partial charge in [0.2, 0.25) is 0 Å². The molecule has 1 atom stereocenters. The van der Waals surface area contributed by atoms with Crippen LogP contribution < -0.4 is 0 Å². The molecular weight excluding hydrogens is 170 g/mol. The molecule has 1 aliphatic rings. The molecule has 1 unspecified atom stereocenters. The van der Waals surface area contributed by atoms with Crippen LogP contribution in [0.15, 0.2) is 0 Å². The summed E-state index contributed by atoms with van der Waals surface area (Å²) in [5, 5.41) is 0. The van der Waals surface area contributed by atoms with Crippen LogP contribution in [0.1, 0.15) is 59.8 Å². The third kappa shape index (κ3) is 2.73. The monoisotopic (exact) mass is 197 g/mol. The van der Waals surface area contributed by atoms with Gasteiger partial charge in [0.1, 0.15) is 0 Å². The molecule has 1 saturated heterocycles. The van der Waals surface area contributed by atoms with Gasteiger partial charge < -0.3 is 0 Å². The number of hydrogen-bond donors (Lipinski definition) is 0. The summed E-state index contributed by atoms with van der Waals surface area (Å²) in [4.78, 5) is 2.73. The fourth-order valence-electron chi connectivity index (χ4n) is 2.65. The second-order valence-corrected chi connectivity index (χ2v) is 5.27. The van der Waals surface area contributed by atoms with E-state index < -0.39 is 0 Å². The van der Waals surface area contributed by atoms with Crippen LogP contribution in [-0.4, -0.2) is 23.5 Å². The Bertz CT molecular complexity index is 159. The third-order valence-corrected chi connectivity index (χ3v) is 4.10. The van der Waals surface area contributed by atoms with Gasteiger partial charge in [-0.3, -0.25) is 4.90 Å². The molecule has 1 aliphatic heterocycles. The molecule has 0 aromatic rings. The van der Waals surface area contributed by atoms with Crippen molar-refractivity contribution in [2.75, 3.05) is 13.1 Å². The smallest absolute Gasteiger partial charge is 0.0178 e. The SMILES string of the molecule is CCCC(C)(CC)N1CCC(C)CC1. The van der Waals surface area contributed by atoms with Crippen LogP contribution in [0.3, 0.4) is 0 Å². The van der Waals surface area contributed by atoms with Crippen molar-refractivity contribution in [3.63, 3.8) is 0 Å². The fraction of sp³-hybridized carbons (Fsp3) is 1.00. The number of hydrogen-bond acceptors (Lipinski definition) is 1. The first-order valence-electron chi connectivity index (χ1n) is 6.37. The van der Waals surface area contributed by atoms with Gasteiger partial charge in [0.15, 0.2) is 0 Å². The lowest BCUT2D eigenvalue weighted by atomic mass is 9.87. The molecule has 0 aromatic heterocycles. The van der Waals surface area contributed by atoms with Gasteiger partial charge in [0.05, 0.1) is 0 Å². The quantitative estimate of drug-likeness (QED) is 0.664. The molecule has 0 radical (unpaired) electrons. The third-order valence-electron chi connectivity index (χ3n) is 4.10. The number of likely N-dealkylation sites (tertiary alicyclic amines) is 1. The standard InChI is InChI=1S/C13H27N/c1-5-9-13(4,6-2)14-10-7-12(3)8-11-14/h12H,5-11H2,1-4H3. The van der Waals surface area contributed by atoms with E-state index in [0.29, 0.717) is 5.54 Å². The minimum atomic E-state index is 0.481. The average Bonchev–Trinajstić information content (AvgIpc) is 2.19. The summed E-state index contributed by atoms with van der Waals surface area (Å²) in [5.41, 5.74) is 0.481. The Hall–Kier alpha value is -0.0400. The summed E-state index contributed by atoms with van der Waals surface area (Å²) >= 11 is 0. The maximum Gasteiger partial charge on any atom is 0.0178 e. The molecule has 0 N–H and O–H groups in total. The summed E-state index contributed by atoms with van der Waals surface area (Å²) in [6, 6.07) is 0. The molecule has 14 heavy (non-hydrogen) atoms. The lowest BCUT2D eigenvalue weighted by molar-refractivity contribution is 0.0545. The summed E-state index contributed by atoms with van der Waals surface area (Å²) in [7, 11) is 0. The summed E-state index contributed by atoms with van der Waals surface area (Å²) in [6.45, 7) is 12.1. The molecular formula is C13H27N. The first kappa shape index (κ1) is 12.0. The van der Waals surface area contributed by atoms with E-state index in [1.165, 1.54) is 45.2 Å². The topological polar surface area (TPSA) is 3.24 Å². The molecule has 0 bridgehead atoms. The van der Waals surface area contributed by atoms with Gasteiger partial charge in [0.25, 0.3) is 0 Å². The summed E-state index contributed by atoms with van der Waals surface area (Å²) in [6.07, 6.45) is 6.78. The van der Waals surface area contributed by atoms with Crippen molar-refractivity contribution in [2.24, 2.45) is 5.92 Å². The average molecular weight is 197 g/mol. The van der Waals surface area contributed by atoms with Crippen molar-refractivity contribution in [3.05, 3.63) is 0 Å². The van der Waals surface area contributed by atoms with Crippen LogP contribution in [0.5, 0.6) is 0 Å². The minimum Gasteiger partial charge on any atom is -0.298 e. The highest BCUT2D eigenvalue weighted by Crippen LogP contribution is 2.29. The lowest BCUT2D eigenvalue weighted by Crippen LogP contribution is -2.49. The van der Waals surface area contributed by atoms with Crippen molar-refractivity contribution in [3.8, 4) is 0 Å². The number of piperidine rings is 1. The molecule has 1 fully saturated rings. The first-order valence-corrected chi connectivity index (χ1v) is 6.37. The van der Waals surface area contributed by atoms with E-state index in [1.54, 1.807) is 0 Å². The van der Waals surface area contributed by atoms with Gasteiger partial charge in [-0.2, -0.15) is 0 Å². The van der Waals surface area contributed by atoms with Crippen molar-refractivity contribution in [1.82, 2.24) is 4.90 Å². The molecule has 0 aliphatic carbocycles. The Balaban J connectivity index is 2.52. The van der Waals surface area contributed by atoms with Crippen LogP contribution >= 0.6 is 0 Å². The highest BCUT2D eigenvalue weighted by atomic mass is 15.2. The number of nitrogens with zero attached hydrogens (tertiary/aromatic N) is 1. The van der Waals surface area contributed by atoms with Crippen molar-refractivity contribution in [2.45, 2.75) is 65.3 Å². The van der Waals surface area contributed by atoms with Gasteiger partial charge in [-0.25, -0.2) is 0 Å². The van der Waals surface area contributed by atoms with E-state index in [1.807, 2.05) is 0 Å². The van der Waals surface area contributed by atoms with Gasteiger partial charge >= 0.3 is 0 Å². The Kier molecular flexibility index (Phi) is 4.43. The molecule has 1 rings (SSSR count). The Morgan fingerprint density at radius 3 is 2.21 bits per heavy atom. The zero-order valence-electron chi connectivity index (χ0n) is 10.5. The zero-order valence-corrected chi connectivity index (χ0v) is 10.5. The summed E-state index contributed by atoms with van der Waals surface area (Å²) < 4.78 is 0. The molecule has 0 saturated carbocycles. The highest BCUT2D eigenvalue weighted by Gasteiger charge is 2.31. The highest BCUT2D eigenvalue weighted by molar-refractivity contribution is 4.87. The van der Waals surface area contributed by atoms with Crippen LogP contribution in [0.2, 0.25) is 0 Å². The Labute approximate surface area is 89.9 Å². The van der Waals surface area contributed by atoms with E-state index in [2.05, 4.69) is 32.6 Å². The molecule has 1 nitrogen and oxygen atoms in total. The van der Waals surface area contributed by atoms with Gasteiger partial charge in [0, 0.05) is 5.54 Å². The normalized spacial score (nSPS) is 24.9. The minimum absolute atomic E-state index is 0.481. The Morgan fingerprint density at radius 1 is 1.21 bits per heavy atom. The summed E-state index contributed by atoms with van der Waals surface area (Å²) in [5.74, 6) is 0.953. The number of rotatable bonds is 4. The van der Waals surface area contributed by atoms with Crippen LogP contribution in [0, 0.1) is 5.92 Å². The first-order chi connectivity index (χ1) is 6.62. The van der Waals surface area contributed by atoms with E-state index in [-0.39, 0.29) is 0 Å². The van der Waals surface area contributed by atoms with Crippen molar-refractivity contribution >= 4 is 0 Å². The Morgan fingerprint density at radius 2 is 1.79 bits per heavy atom. The van der Waals surface area contributed by atoms with Crippen LogP contribution in [0.25, 0.3) is 0 Å². The van der Waals surface area contributed by atoms with E-state index in [9.17, 15) is 0 Å². The van der Waals surface area contributed by atoms with E-state index in [4.69, 9.17) is 0 Å². The van der Waals surface area contributed by atoms with Crippen molar-refractivity contribution in [1.29, 1.82) is 0 Å². The van der Waals surface area contributed by atoms with Crippen LogP contribution in [-0.2, 0) is 0 Å². The second-order valence-electron chi connectivity index (χ2n) is 5.27. The van der Waals surface area contributed by atoms with Gasteiger partial charge in [-0.15, -0.1) is 0 Å². The zero-order chi connectivity index (χ0) is 10.6. The van der Waals surface area contributed by atoms with Crippen LogP contribution in [0.4, 0.5) is 0 Å². The predicted molar refractivity (Wildman–Crippen MR) is 63.6 cm³/mol. The largest absolute Gasteiger partial charge is 0.298 e. The van der Waals surface area contributed by atoms with Gasteiger partial charge in [-0.1, -0.05) is 27.2 Å². The van der Waals surface area contributed by atoms with E-state index >= 15 is 0 Å². The second kappa shape index (κ2) is 5.16. The molecule has 1 heterocycles. The molecule has 0 aromatic carbocycles. The maximum absolute atomic E-state index is 2.73. The molecule has 0 amide bonds.